The number of fused-ring (bicyclic) bond motifs is 1. The molecular formula is C11H16O4S. The number of hydrogen-bond acceptors (Lipinski definition) is 5. The molecule has 1 aliphatic heterocycles. The molecule has 0 spiro atoms. The van der Waals surface area contributed by atoms with Crippen LogP contribution in [0.3, 0.4) is 0 Å². The molecule has 0 saturated heterocycles. The highest BCUT2D eigenvalue weighted by molar-refractivity contribution is 7.12. The molecule has 0 unspecified atom stereocenters. The molecule has 1 aliphatic rings. The summed E-state index contributed by atoms with van der Waals surface area (Å²) in [6, 6.07) is 0. The van der Waals surface area contributed by atoms with Gasteiger partial charge in [-0.1, -0.05) is 0 Å². The van der Waals surface area contributed by atoms with E-state index in [0.717, 1.165) is 21.3 Å². The van der Waals surface area contributed by atoms with Crippen molar-refractivity contribution < 1.29 is 19.7 Å². The summed E-state index contributed by atoms with van der Waals surface area (Å²) in [5.74, 6) is 1.51. The van der Waals surface area contributed by atoms with Gasteiger partial charge in [0.05, 0.1) is 18.6 Å². The van der Waals surface area contributed by atoms with Gasteiger partial charge in [0.25, 0.3) is 0 Å². The summed E-state index contributed by atoms with van der Waals surface area (Å²) in [7, 11) is 0. The minimum atomic E-state index is -0.699. The zero-order valence-electron chi connectivity index (χ0n) is 9.45. The second-order valence-corrected chi connectivity index (χ2v) is 5.70. The Hall–Kier alpha value is -0.780. The zero-order chi connectivity index (χ0) is 11.8. The maximum Gasteiger partial charge on any atom is 0.175 e. The van der Waals surface area contributed by atoms with E-state index < -0.39 is 5.41 Å². The number of aliphatic hydroxyl groups is 2. The lowest BCUT2D eigenvalue weighted by molar-refractivity contribution is -0.00715. The molecule has 2 heterocycles. The number of aliphatic hydroxyl groups excluding tert-OH is 2. The third kappa shape index (κ3) is 1.79. The Kier molecular flexibility index (Phi) is 3.10. The molecule has 4 nitrogen and oxygen atoms in total. The predicted molar refractivity (Wildman–Crippen MR) is 61.4 cm³/mol. The number of rotatable bonds is 2. The molecule has 0 bridgehead atoms. The van der Waals surface area contributed by atoms with E-state index in [-0.39, 0.29) is 26.4 Å². The highest BCUT2D eigenvalue weighted by atomic mass is 32.1. The van der Waals surface area contributed by atoms with Gasteiger partial charge in [-0.3, -0.25) is 0 Å². The lowest BCUT2D eigenvalue weighted by Gasteiger charge is -2.26. The Morgan fingerprint density at radius 2 is 1.50 bits per heavy atom. The maximum atomic E-state index is 9.30. The zero-order valence-corrected chi connectivity index (χ0v) is 10.3. The van der Waals surface area contributed by atoms with Crippen molar-refractivity contribution in [1.29, 1.82) is 0 Å². The molecule has 2 N–H and O–H groups in total. The van der Waals surface area contributed by atoms with Crippen LogP contribution in [-0.4, -0.2) is 36.6 Å². The standard InChI is InChI=1S/C11H16O4S/c1-7-9-10(8(2)16-7)15-6-11(3-12,4-13)5-14-9/h12-13H,3-6H2,1-2H3. The van der Waals surface area contributed by atoms with Crippen molar-refractivity contribution >= 4 is 11.3 Å². The van der Waals surface area contributed by atoms with Crippen molar-refractivity contribution in [2.45, 2.75) is 13.8 Å². The van der Waals surface area contributed by atoms with Gasteiger partial charge in [0.15, 0.2) is 11.5 Å². The second-order valence-electron chi connectivity index (χ2n) is 4.27. The summed E-state index contributed by atoms with van der Waals surface area (Å²) < 4.78 is 11.3. The Balaban J connectivity index is 2.28. The number of hydrogen-bond donors (Lipinski definition) is 2. The summed E-state index contributed by atoms with van der Waals surface area (Å²) in [6.45, 7) is 4.23. The fourth-order valence-corrected chi connectivity index (χ4v) is 2.65. The smallest absolute Gasteiger partial charge is 0.175 e. The third-order valence-electron chi connectivity index (χ3n) is 2.87. The van der Waals surface area contributed by atoms with Crippen LogP contribution in [0.5, 0.6) is 11.5 Å². The number of thiophene rings is 1. The molecular weight excluding hydrogens is 228 g/mol. The van der Waals surface area contributed by atoms with Crippen LogP contribution in [0.4, 0.5) is 0 Å². The maximum absolute atomic E-state index is 9.30. The van der Waals surface area contributed by atoms with Crippen molar-refractivity contribution in [3.05, 3.63) is 9.75 Å². The van der Waals surface area contributed by atoms with Crippen molar-refractivity contribution in [2.75, 3.05) is 26.4 Å². The number of ether oxygens (including phenoxy) is 2. The molecule has 0 fully saturated rings. The van der Waals surface area contributed by atoms with Gasteiger partial charge in [-0.2, -0.15) is 0 Å². The van der Waals surface area contributed by atoms with Gasteiger partial charge in [0.2, 0.25) is 0 Å². The van der Waals surface area contributed by atoms with Crippen LogP contribution < -0.4 is 9.47 Å². The van der Waals surface area contributed by atoms with Gasteiger partial charge in [0, 0.05) is 9.75 Å². The quantitative estimate of drug-likeness (QED) is 0.818. The molecule has 2 rings (SSSR count). The molecule has 1 aromatic rings. The first kappa shape index (κ1) is 11.7. The van der Waals surface area contributed by atoms with E-state index in [9.17, 15) is 10.2 Å². The highest BCUT2D eigenvalue weighted by Gasteiger charge is 2.35. The lowest BCUT2D eigenvalue weighted by Crippen LogP contribution is -2.40. The van der Waals surface area contributed by atoms with Crippen molar-refractivity contribution in [2.24, 2.45) is 5.41 Å². The lowest BCUT2D eigenvalue weighted by atomic mass is 9.93. The molecule has 16 heavy (non-hydrogen) atoms. The Labute approximate surface area is 98.4 Å². The molecule has 5 heteroatoms. The average molecular weight is 244 g/mol. The van der Waals surface area contributed by atoms with E-state index in [1.165, 1.54) is 0 Å². The van der Waals surface area contributed by atoms with Crippen LogP contribution in [0.1, 0.15) is 9.75 Å². The summed E-state index contributed by atoms with van der Waals surface area (Å²) in [4.78, 5) is 2.14. The molecule has 0 saturated carbocycles. The monoisotopic (exact) mass is 244 g/mol. The summed E-state index contributed by atoms with van der Waals surface area (Å²) in [5.41, 5.74) is -0.699. The second kappa shape index (κ2) is 4.24. The van der Waals surface area contributed by atoms with E-state index in [4.69, 9.17) is 9.47 Å². The van der Waals surface area contributed by atoms with Gasteiger partial charge < -0.3 is 19.7 Å². The summed E-state index contributed by atoms with van der Waals surface area (Å²) >= 11 is 1.63. The average Bonchev–Trinajstić information content (AvgIpc) is 2.49. The first-order chi connectivity index (χ1) is 7.62. The Morgan fingerprint density at radius 3 is 1.88 bits per heavy atom. The van der Waals surface area contributed by atoms with Crippen LogP contribution in [-0.2, 0) is 0 Å². The molecule has 0 atom stereocenters. The predicted octanol–water partition coefficient (Wildman–Crippen LogP) is 1.11. The first-order valence-electron chi connectivity index (χ1n) is 5.19. The summed E-state index contributed by atoms with van der Waals surface area (Å²) in [6.07, 6.45) is 0. The molecule has 90 valence electrons. The van der Waals surface area contributed by atoms with Crippen LogP contribution in [0, 0.1) is 19.3 Å². The van der Waals surface area contributed by atoms with Gasteiger partial charge in [-0.25, -0.2) is 0 Å². The van der Waals surface area contributed by atoms with Crippen molar-refractivity contribution in [3.63, 3.8) is 0 Å². The van der Waals surface area contributed by atoms with Gasteiger partial charge in [-0.15, -0.1) is 11.3 Å². The van der Waals surface area contributed by atoms with E-state index in [1.807, 2.05) is 13.8 Å². The largest absolute Gasteiger partial charge is 0.488 e. The summed E-state index contributed by atoms with van der Waals surface area (Å²) in [5, 5.41) is 18.6. The van der Waals surface area contributed by atoms with E-state index in [1.54, 1.807) is 11.3 Å². The topological polar surface area (TPSA) is 58.9 Å². The number of aryl methyl sites for hydroxylation is 2. The highest BCUT2D eigenvalue weighted by Crippen LogP contribution is 2.44. The van der Waals surface area contributed by atoms with Crippen molar-refractivity contribution in [1.82, 2.24) is 0 Å². The van der Waals surface area contributed by atoms with Crippen LogP contribution in [0.15, 0.2) is 0 Å². The van der Waals surface area contributed by atoms with E-state index in [2.05, 4.69) is 0 Å². The fourth-order valence-electron chi connectivity index (χ4n) is 1.70. The van der Waals surface area contributed by atoms with Gasteiger partial charge in [0.1, 0.15) is 13.2 Å². The molecule has 0 amide bonds. The van der Waals surface area contributed by atoms with Crippen LogP contribution in [0.2, 0.25) is 0 Å². The van der Waals surface area contributed by atoms with Crippen LogP contribution >= 0.6 is 11.3 Å². The van der Waals surface area contributed by atoms with E-state index in [0.29, 0.717) is 0 Å². The first-order valence-corrected chi connectivity index (χ1v) is 6.01. The normalized spacial score (nSPS) is 18.2. The van der Waals surface area contributed by atoms with Gasteiger partial charge >= 0.3 is 0 Å². The van der Waals surface area contributed by atoms with Gasteiger partial charge in [-0.05, 0) is 13.8 Å². The third-order valence-corrected chi connectivity index (χ3v) is 3.85. The van der Waals surface area contributed by atoms with Crippen molar-refractivity contribution in [3.8, 4) is 11.5 Å². The Bertz CT molecular complexity index is 351. The molecule has 1 aromatic heterocycles. The fraction of sp³-hybridized carbons (Fsp3) is 0.636. The molecule has 0 aliphatic carbocycles. The Morgan fingerprint density at radius 1 is 1.06 bits per heavy atom. The molecule has 0 radical (unpaired) electrons. The molecule has 0 aromatic carbocycles. The minimum Gasteiger partial charge on any atom is -0.488 e. The van der Waals surface area contributed by atoms with E-state index >= 15 is 0 Å². The minimum absolute atomic E-state index is 0.144. The SMILES string of the molecule is Cc1sc(C)c2c1OCC(CO)(CO)CO2. The van der Waals surface area contributed by atoms with Crippen LogP contribution in [0.25, 0.3) is 0 Å².